The molecule has 0 unspecified atom stereocenters. The maximum atomic E-state index is 5.38. The van der Waals surface area contributed by atoms with Gasteiger partial charge in [0.25, 0.3) is 0 Å². The van der Waals surface area contributed by atoms with Crippen molar-refractivity contribution in [3.8, 4) is 0 Å². The highest BCUT2D eigenvalue weighted by Crippen LogP contribution is 1.89. The highest BCUT2D eigenvalue weighted by atomic mass is 15.4. The average Bonchev–Trinajstić information content (AvgIpc) is 1.83. The number of nitrogens with two attached hydrogens (primary N) is 2. The lowest BCUT2D eigenvalue weighted by Gasteiger charge is -2.19. The molecule has 5 nitrogen and oxygen atoms in total. The maximum absolute atomic E-state index is 5.38. The molecule has 5 heteroatoms. The third-order valence-corrected chi connectivity index (χ3v) is 1.15. The van der Waals surface area contributed by atoms with Crippen LogP contribution in [0.2, 0.25) is 0 Å². The van der Waals surface area contributed by atoms with Crippen molar-refractivity contribution in [2.75, 3.05) is 13.7 Å². The smallest absolute Gasteiger partial charge is 0.199 e. The molecule has 0 aromatic rings. The first-order valence-corrected chi connectivity index (χ1v) is 2.55. The molecule has 0 atom stereocenters. The Morgan fingerprint density at radius 1 is 1.33 bits per heavy atom. The largest absolute Gasteiger partial charge is 0.369 e. The Kier molecular flexibility index (Phi) is 1.26. The highest BCUT2D eigenvalue weighted by Gasteiger charge is 2.08. The van der Waals surface area contributed by atoms with Crippen molar-refractivity contribution in [1.82, 2.24) is 4.90 Å². The molecule has 1 aliphatic rings. The lowest BCUT2D eigenvalue weighted by atomic mass is 10.7. The van der Waals surface area contributed by atoms with Crippen LogP contribution in [0.25, 0.3) is 0 Å². The Labute approximate surface area is 53.1 Å². The monoisotopic (exact) mass is 127 g/mol. The van der Waals surface area contributed by atoms with Crippen LogP contribution in [0.3, 0.4) is 0 Å². The van der Waals surface area contributed by atoms with Crippen molar-refractivity contribution in [1.29, 1.82) is 0 Å². The first kappa shape index (κ1) is 5.87. The molecule has 50 valence electrons. The Morgan fingerprint density at radius 2 is 1.78 bits per heavy atom. The van der Waals surface area contributed by atoms with Crippen molar-refractivity contribution < 1.29 is 0 Å². The minimum atomic E-state index is 0.349. The highest BCUT2D eigenvalue weighted by molar-refractivity contribution is 5.97. The summed E-state index contributed by atoms with van der Waals surface area (Å²) in [6, 6.07) is 0. The van der Waals surface area contributed by atoms with E-state index in [1.807, 2.05) is 0 Å². The molecule has 0 saturated carbocycles. The molecule has 0 fully saturated rings. The van der Waals surface area contributed by atoms with Gasteiger partial charge < -0.3 is 11.5 Å². The zero-order valence-corrected chi connectivity index (χ0v) is 5.20. The normalized spacial score (nSPS) is 19.0. The molecular formula is C4H9N5. The number of aliphatic imine (C=N–C) groups is 2. The minimum absolute atomic E-state index is 0.349. The van der Waals surface area contributed by atoms with E-state index in [0.717, 1.165) is 0 Å². The average molecular weight is 127 g/mol. The predicted molar refractivity (Wildman–Crippen MR) is 35.9 cm³/mol. The molecular weight excluding hydrogens is 118 g/mol. The molecule has 4 N–H and O–H groups in total. The van der Waals surface area contributed by atoms with E-state index >= 15 is 0 Å². The van der Waals surface area contributed by atoms with Gasteiger partial charge >= 0.3 is 0 Å². The van der Waals surface area contributed by atoms with Crippen LogP contribution in [0.1, 0.15) is 0 Å². The fourth-order valence-corrected chi connectivity index (χ4v) is 0.510. The third-order valence-electron chi connectivity index (χ3n) is 1.15. The lowest BCUT2D eigenvalue weighted by Crippen LogP contribution is -2.45. The summed E-state index contributed by atoms with van der Waals surface area (Å²) in [6.07, 6.45) is 0. The molecule has 0 radical (unpaired) electrons. The second-order valence-electron chi connectivity index (χ2n) is 1.73. The van der Waals surface area contributed by atoms with Gasteiger partial charge in [-0.1, -0.05) is 0 Å². The summed E-state index contributed by atoms with van der Waals surface area (Å²) in [5, 5.41) is 0. The van der Waals surface area contributed by atoms with Gasteiger partial charge in [0.2, 0.25) is 0 Å². The van der Waals surface area contributed by atoms with Crippen molar-refractivity contribution >= 4 is 11.9 Å². The van der Waals surface area contributed by atoms with Crippen molar-refractivity contribution in [3.63, 3.8) is 0 Å². The van der Waals surface area contributed by atoms with E-state index in [2.05, 4.69) is 9.98 Å². The van der Waals surface area contributed by atoms with E-state index < -0.39 is 0 Å². The van der Waals surface area contributed by atoms with E-state index in [1.165, 1.54) is 4.90 Å². The number of rotatable bonds is 0. The van der Waals surface area contributed by atoms with Gasteiger partial charge in [0.1, 0.15) is 6.67 Å². The quantitative estimate of drug-likeness (QED) is 0.416. The molecule has 0 bridgehead atoms. The summed E-state index contributed by atoms with van der Waals surface area (Å²) >= 11 is 0. The topological polar surface area (TPSA) is 80.0 Å². The van der Waals surface area contributed by atoms with Gasteiger partial charge in [0.05, 0.1) is 0 Å². The van der Waals surface area contributed by atoms with Crippen molar-refractivity contribution in [3.05, 3.63) is 0 Å². The Balaban J connectivity index is 2.74. The van der Waals surface area contributed by atoms with Crippen LogP contribution < -0.4 is 11.5 Å². The number of hydrogen-bond acceptors (Lipinski definition) is 5. The van der Waals surface area contributed by atoms with Crippen LogP contribution >= 0.6 is 0 Å². The van der Waals surface area contributed by atoms with E-state index in [4.69, 9.17) is 11.5 Å². The van der Waals surface area contributed by atoms with Crippen molar-refractivity contribution in [2.45, 2.75) is 0 Å². The summed E-state index contributed by atoms with van der Waals surface area (Å²) in [7, 11) is 1.72. The maximum Gasteiger partial charge on any atom is 0.199 e. The summed E-state index contributed by atoms with van der Waals surface area (Å²) in [5.74, 6) is 0.838. The minimum Gasteiger partial charge on any atom is -0.369 e. The van der Waals surface area contributed by atoms with Gasteiger partial charge in [-0.25, -0.2) is 9.98 Å². The molecule has 1 aliphatic heterocycles. The third kappa shape index (κ3) is 0.933. The van der Waals surface area contributed by atoms with Gasteiger partial charge in [-0.15, -0.1) is 0 Å². The fraction of sp³-hybridized carbons (Fsp3) is 0.500. The first-order chi connectivity index (χ1) is 4.22. The Hall–Kier alpha value is -1.26. The van der Waals surface area contributed by atoms with Crippen LogP contribution in [0.4, 0.5) is 0 Å². The van der Waals surface area contributed by atoms with Crippen LogP contribution in [-0.2, 0) is 0 Å². The van der Waals surface area contributed by atoms with E-state index in [1.54, 1.807) is 7.05 Å². The zero-order chi connectivity index (χ0) is 6.85. The van der Waals surface area contributed by atoms with Crippen LogP contribution in [-0.4, -0.2) is 30.5 Å². The molecule has 0 aliphatic carbocycles. The molecule has 9 heavy (non-hydrogen) atoms. The van der Waals surface area contributed by atoms with E-state index in [9.17, 15) is 0 Å². The molecule has 0 saturated heterocycles. The SMILES string of the molecule is CN1C(N)=NCN=C1N. The fourth-order valence-electron chi connectivity index (χ4n) is 0.510. The number of nitrogens with zero attached hydrogens (tertiary/aromatic N) is 3. The molecule has 1 heterocycles. The van der Waals surface area contributed by atoms with Gasteiger partial charge in [-0.2, -0.15) is 0 Å². The second-order valence-corrected chi connectivity index (χ2v) is 1.73. The van der Waals surface area contributed by atoms with E-state index in [0.29, 0.717) is 18.6 Å². The second kappa shape index (κ2) is 1.93. The molecule has 0 aromatic carbocycles. The Bertz CT molecular complexity index is 152. The summed E-state index contributed by atoms with van der Waals surface area (Å²) in [4.78, 5) is 9.16. The van der Waals surface area contributed by atoms with E-state index in [-0.39, 0.29) is 0 Å². The van der Waals surface area contributed by atoms with Crippen molar-refractivity contribution in [2.24, 2.45) is 21.5 Å². The summed E-state index contributed by atoms with van der Waals surface area (Å²) < 4.78 is 0. The lowest BCUT2D eigenvalue weighted by molar-refractivity contribution is 0.693. The predicted octanol–water partition coefficient (Wildman–Crippen LogP) is -1.48. The molecule has 0 amide bonds. The Morgan fingerprint density at radius 3 is 2.11 bits per heavy atom. The standard InChI is InChI=1S/C4H9N5/c1-9-3(5)7-2-8-4(9)6/h2H2,1H3,(H2,5,7)(H2,6,8). The van der Waals surface area contributed by atoms with Crippen LogP contribution in [0, 0.1) is 0 Å². The van der Waals surface area contributed by atoms with Crippen LogP contribution in [0.15, 0.2) is 9.98 Å². The first-order valence-electron chi connectivity index (χ1n) is 2.55. The molecule has 0 spiro atoms. The number of hydrogen-bond donors (Lipinski definition) is 2. The molecule has 0 aromatic heterocycles. The zero-order valence-electron chi connectivity index (χ0n) is 5.20. The van der Waals surface area contributed by atoms with Crippen LogP contribution in [0.5, 0.6) is 0 Å². The number of guanidine groups is 2. The van der Waals surface area contributed by atoms with Gasteiger partial charge in [-0.05, 0) is 0 Å². The van der Waals surface area contributed by atoms with Gasteiger partial charge in [0.15, 0.2) is 11.9 Å². The van der Waals surface area contributed by atoms with Gasteiger partial charge in [0, 0.05) is 7.05 Å². The van der Waals surface area contributed by atoms with Gasteiger partial charge in [-0.3, -0.25) is 4.90 Å². The molecule has 1 rings (SSSR count). The summed E-state index contributed by atoms with van der Waals surface area (Å²) in [5.41, 5.74) is 10.8. The summed E-state index contributed by atoms with van der Waals surface area (Å²) in [6.45, 7) is 0.349.